The Bertz CT molecular complexity index is 361. The van der Waals surface area contributed by atoms with Crippen LogP contribution in [-0.2, 0) is 11.3 Å². The summed E-state index contributed by atoms with van der Waals surface area (Å²) in [4.78, 5) is 0. The van der Waals surface area contributed by atoms with E-state index in [2.05, 4.69) is 17.6 Å². The van der Waals surface area contributed by atoms with Crippen LogP contribution in [0.2, 0.25) is 10.0 Å². The summed E-state index contributed by atoms with van der Waals surface area (Å²) in [5.74, 6) is 0. The maximum Gasteiger partial charge on any atom is 0.0595 e. The maximum atomic E-state index is 5.96. The minimum Gasteiger partial charge on any atom is -0.383 e. The number of nitrogens with one attached hydrogen (secondary N) is 2. The molecule has 1 aromatic carbocycles. The average Bonchev–Trinajstić information content (AvgIpc) is 2.36. The fourth-order valence-corrected chi connectivity index (χ4v) is 1.83. The molecule has 1 aromatic rings. The highest BCUT2D eigenvalue weighted by Crippen LogP contribution is 2.22. The zero-order valence-electron chi connectivity index (χ0n) is 10.8. The van der Waals surface area contributed by atoms with Crippen molar-refractivity contribution in [2.45, 2.75) is 19.5 Å². The standard InChI is InChI=1S/C13H20Cl2N2O/c1-10(8-16-5-6-18-2)17-9-11-3-4-12(14)13(15)7-11/h3-4,7,10,16-17H,5-6,8-9H2,1-2H3. The molecule has 18 heavy (non-hydrogen) atoms. The molecular formula is C13H20Cl2N2O. The smallest absolute Gasteiger partial charge is 0.0595 e. The second-order valence-electron chi connectivity index (χ2n) is 4.23. The first kappa shape index (κ1) is 15.7. The number of ether oxygens (including phenoxy) is 1. The fraction of sp³-hybridized carbons (Fsp3) is 0.538. The van der Waals surface area contributed by atoms with Gasteiger partial charge in [-0.25, -0.2) is 0 Å². The molecule has 0 saturated carbocycles. The molecule has 0 heterocycles. The van der Waals surface area contributed by atoms with Crippen LogP contribution in [0.4, 0.5) is 0 Å². The first-order valence-corrected chi connectivity index (χ1v) is 6.76. The van der Waals surface area contributed by atoms with Crippen molar-refractivity contribution in [2.75, 3.05) is 26.8 Å². The molecular weight excluding hydrogens is 271 g/mol. The van der Waals surface area contributed by atoms with Gasteiger partial charge in [-0.2, -0.15) is 0 Å². The van der Waals surface area contributed by atoms with Crippen molar-refractivity contribution in [3.8, 4) is 0 Å². The Balaban J connectivity index is 2.24. The van der Waals surface area contributed by atoms with Crippen LogP contribution >= 0.6 is 23.2 Å². The molecule has 0 saturated heterocycles. The molecule has 102 valence electrons. The van der Waals surface area contributed by atoms with E-state index < -0.39 is 0 Å². The second kappa shape index (κ2) is 8.73. The van der Waals surface area contributed by atoms with E-state index in [1.165, 1.54) is 0 Å². The Hall–Kier alpha value is -0.320. The van der Waals surface area contributed by atoms with Gasteiger partial charge in [0.1, 0.15) is 0 Å². The molecule has 2 N–H and O–H groups in total. The monoisotopic (exact) mass is 290 g/mol. The normalized spacial score (nSPS) is 12.7. The lowest BCUT2D eigenvalue weighted by molar-refractivity contribution is 0.198. The van der Waals surface area contributed by atoms with E-state index in [0.29, 0.717) is 16.1 Å². The lowest BCUT2D eigenvalue weighted by Gasteiger charge is -2.15. The lowest BCUT2D eigenvalue weighted by Crippen LogP contribution is -2.37. The number of hydrogen-bond donors (Lipinski definition) is 2. The fourth-order valence-electron chi connectivity index (χ4n) is 1.51. The molecule has 0 aliphatic heterocycles. The number of halogens is 2. The molecule has 0 radical (unpaired) electrons. The van der Waals surface area contributed by atoms with Crippen LogP contribution in [0.15, 0.2) is 18.2 Å². The Morgan fingerprint density at radius 3 is 2.72 bits per heavy atom. The second-order valence-corrected chi connectivity index (χ2v) is 5.04. The van der Waals surface area contributed by atoms with Gasteiger partial charge in [0.2, 0.25) is 0 Å². The Kier molecular flexibility index (Phi) is 7.63. The number of methoxy groups -OCH3 is 1. The van der Waals surface area contributed by atoms with Crippen LogP contribution in [0, 0.1) is 0 Å². The van der Waals surface area contributed by atoms with Crippen LogP contribution in [-0.4, -0.2) is 32.8 Å². The van der Waals surface area contributed by atoms with E-state index in [-0.39, 0.29) is 0 Å². The van der Waals surface area contributed by atoms with Crippen LogP contribution in [0.25, 0.3) is 0 Å². The lowest BCUT2D eigenvalue weighted by atomic mass is 10.2. The first-order valence-electron chi connectivity index (χ1n) is 6.00. The van der Waals surface area contributed by atoms with Crippen LogP contribution in [0.5, 0.6) is 0 Å². The van der Waals surface area contributed by atoms with E-state index in [0.717, 1.165) is 31.8 Å². The molecule has 0 aliphatic rings. The average molecular weight is 291 g/mol. The summed E-state index contributed by atoms with van der Waals surface area (Å²) in [5, 5.41) is 7.92. The minimum atomic E-state index is 0.385. The SMILES string of the molecule is COCCNCC(C)NCc1ccc(Cl)c(Cl)c1. The summed E-state index contributed by atoms with van der Waals surface area (Å²) in [6.07, 6.45) is 0. The van der Waals surface area contributed by atoms with Gasteiger partial charge in [0.15, 0.2) is 0 Å². The van der Waals surface area contributed by atoms with Crippen molar-refractivity contribution in [3.63, 3.8) is 0 Å². The van der Waals surface area contributed by atoms with Gasteiger partial charge in [-0.3, -0.25) is 0 Å². The van der Waals surface area contributed by atoms with Crippen molar-refractivity contribution < 1.29 is 4.74 Å². The third-order valence-electron chi connectivity index (χ3n) is 2.57. The summed E-state index contributed by atoms with van der Waals surface area (Å²) in [6, 6.07) is 6.08. The molecule has 1 unspecified atom stereocenters. The van der Waals surface area contributed by atoms with E-state index in [1.807, 2.05) is 18.2 Å². The van der Waals surface area contributed by atoms with Crippen LogP contribution in [0.3, 0.4) is 0 Å². The quantitative estimate of drug-likeness (QED) is 0.723. The summed E-state index contributed by atoms with van der Waals surface area (Å²) < 4.78 is 4.97. The van der Waals surface area contributed by atoms with Gasteiger partial charge in [0, 0.05) is 32.8 Å². The van der Waals surface area contributed by atoms with E-state index in [4.69, 9.17) is 27.9 Å². The summed E-state index contributed by atoms with van der Waals surface area (Å²) in [6.45, 7) is 5.43. The zero-order chi connectivity index (χ0) is 13.4. The van der Waals surface area contributed by atoms with E-state index >= 15 is 0 Å². The van der Waals surface area contributed by atoms with Gasteiger partial charge in [-0.1, -0.05) is 29.3 Å². The molecule has 0 amide bonds. The minimum absolute atomic E-state index is 0.385. The molecule has 0 aromatic heterocycles. The predicted octanol–water partition coefficient (Wildman–Crippen LogP) is 2.71. The van der Waals surface area contributed by atoms with Gasteiger partial charge in [0.25, 0.3) is 0 Å². The molecule has 0 spiro atoms. The van der Waals surface area contributed by atoms with Gasteiger partial charge in [0.05, 0.1) is 16.7 Å². The molecule has 0 bridgehead atoms. The topological polar surface area (TPSA) is 33.3 Å². The largest absolute Gasteiger partial charge is 0.383 e. The van der Waals surface area contributed by atoms with E-state index in [1.54, 1.807) is 7.11 Å². The van der Waals surface area contributed by atoms with Crippen LogP contribution in [0.1, 0.15) is 12.5 Å². The molecule has 3 nitrogen and oxygen atoms in total. The van der Waals surface area contributed by atoms with Gasteiger partial charge in [-0.15, -0.1) is 0 Å². The third kappa shape index (κ3) is 6.03. The Morgan fingerprint density at radius 2 is 2.06 bits per heavy atom. The summed E-state index contributed by atoms with van der Waals surface area (Å²) in [7, 11) is 1.70. The maximum absolute atomic E-state index is 5.96. The first-order chi connectivity index (χ1) is 8.63. The highest BCUT2D eigenvalue weighted by molar-refractivity contribution is 6.42. The molecule has 0 fully saturated rings. The number of rotatable bonds is 8. The highest BCUT2D eigenvalue weighted by Gasteiger charge is 2.03. The van der Waals surface area contributed by atoms with Crippen LogP contribution < -0.4 is 10.6 Å². The molecule has 5 heteroatoms. The van der Waals surface area contributed by atoms with Crippen molar-refractivity contribution >= 4 is 23.2 Å². The van der Waals surface area contributed by atoms with Gasteiger partial charge >= 0.3 is 0 Å². The summed E-state index contributed by atoms with van der Waals surface area (Å²) >= 11 is 11.8. The highest BCUT2D eigenvalue weighted by atomic mass is 35.5. The van der Waals surface area contributed by atoms with E-state index in [9.17, 15) is 0 Å². The van der Waals surface area contributed by atoms with Crippen molar-refractivity contribution in [1.82, 2.24) is 10.6 Å². The van der Waals surface area contributed by atoms with Gasteiger partial charge < -0.3 is 15.4 Å². The Labute approximate surface area is 119 Å². The van der Waals surface area contributed by atoms with Crippen molar-refractivity contribution in [3.05, 3.63) is 33.8 Å². The Morgan fingerprint density at radius 1 is 1.28 bits per heavy atom. The predicted molar refractivity (Wildman–Crippen MR) is 77.5 cm³/mol. The molecule has 0 aliphatic carbocycles. The van der Waals surface area contributed by atoms with Gasteiger partial charge in [-0.05, 0) is 24.6 Å². The number of hydrogen-bond acceptors (Lipinski definition) is 3. The third-order valence-corrected chi connectivity index (χ3v) is 3.31. The number of benzene rings is 1. The molecule has 1 atom stereocenters. The van der Waals surface area contributed by atoms with Crippen molar-refractivity contribution in [2.24, 2.45) is 0 Å². The zero-order valence-corrected chi connectivity index (χ0v) is 12.3. The van der Waals surface area contributed by atoms with Crippen molar-refractivity contribution in [1.29, 1.82) is 0 Å². The summed E-state index contributed by atoms with van der Waals surface area (Å²) in [5.41, 5.74) is 1.13. The molecule has 1 rings (SSSR count).